The number of nitrogens with one attached hydrogen (secondary N) is 2. The molecule has 4 N–H and O–H groups in total. The molecule has 0 saturated carbocycles. The van der Waals surface area contributed by atoms with Crippen LogP contribution >= 0.6 is 0 Å². The summed E-state index contributed by atoms with van der Waals surface area (Å²) in [6, 6.07) is 1.80. The maximum absolute atomic E-state index is 9.44. The number of hydrogen-bond acceptors (Lipinski definition) is 6. The first-order valence-corrected chi connectivity index (χ1v) is 6.68. The van der Waals surface area contributed by atoms with Crippen molar-refractivity contribution < 1.29 is 10.2 Å². The highest BCUT2D eigenvalue weighted by Crippen LogP contribution is 2.18. The van der Waals surface area contributed by atoms with Crippen molar-refractivity contribution in [3.63, 3.8) is 0 Å². The molecule has 0 bridgehead atoms. The third-order valence-corrected chi connectivity index (χ3v) is 3.06. The van der Waals surface area contributed by atoms with E-state index in [4.69, 9.17) is 0 Å². The van der Waals surface area contributed by atoms with Gasteiger partial charge in [0.05, 0.1) is 18.8 Å². The van der Waals surface area contributed by atoms with Crippen LogP contribution in [0.25, 0.3) is 0 Å². The maximum atomic E-state index is 9.44. The summed E-state index contributed by atoms with van der Waals surface area (Å²) in [6.45, 7) is 6.37. The maximum Gasteiger partial charge on any atom is 0.224 e. The molecule has 0 spiro atoms. The molecule has 0 aliphatic carbocycles. The number of aromatic nitrogens is 2. The Kier molecular flexibility index (Phi) is 5.98. The second kappa shape index (κ2) is 7.25. The van der Waals surface area contributed by atoms with Gasteiger partial charge in [-0.1, -0.05) is 13.8 Å². The van der Waals surface area contributed by atoms with E-state index in [9.17, 15) is 10.2 Å². The highest BCUT2D eigenvalue weighted by Gasteiger charge is 2.26. The van der Waals surface area contributed by atoms with Crippen molar-refractivity contribution in [2.24, 2.45) is 0 Å². The largest absolute Gasteiger partial charge is 0.394 e. The molecule has 0 amide bonds. The number of aliphatic hydroxyl groups excluding tert-OH is 2. The van der Waals surface area contributed by atoms with Crippen LogP contribution in [0.4, 0.5) is 11.8 Å². The second-order valence-corrected chi connectivity index (χ2v) is 4.72. The topological polar surface area (TPSA) is 90.3 Å². The average Bonchev–Trinajstić information content (AvgIpc) is 2.42. The fourth-order valence-corrected chi connectivity index (χ4v) is 1.66. The van der Waals surface area contributed by atoms with Crippen molar-refractivity contribution in [1.29, 1.82) is 0 Å². The Labute approximate surface area is 114 Å². The molecule has 0 aliphatic heterocycles. The van der Waals surface area contributed by atoms with E-state index < -0.39 is 5.54 Å². The Hall–Kier alpha value is -1.40. The summed E-state index contributed by atoms with van der Waals surface area (Å²) in [7, 11) is 0. The molecule has 6 nitrogen and oxygen atoms in total. The number of hydrogen-bond donors (Lipinski definition) is 4. The first-order chi connectivity index (χ1) is 9.09. The van der Waals surface area contributed by atoms with E-state index in [1.807, 2.05) is 13.8 Å². The molecule has 108 valence electrons. The van der Waals surface area contributed by atoms with Gasteiger partial charge in [0.15, 0.2) is 0 Å². The first kappa shape index (κ1) is 15.7. The third kappa shape index (κ3) is 4.33. The van der Waals surface area contributed by atoms with Crippen LogP contribution < -0.4 is 10.6 Å². The molecule has 1 heterocycles. The van der Waals surface area contributed by atoms with Crippen molar-refractivity contribution in [2.75, 3.05) is 30.4 Å². The molecule has 0 aromatic carbocycles. The molecule has 0 aliphatic rings. The molecule has 0 fully saturated rings. The van der Waals surface area contributed by atoms with Gasteiger partial charge < -0.3 is 20.8 Å². The number of rotatable bonds is 8. The van der Waals surface area contributed by atoms with E-state index in [0.717, 1.165) is 18.7 Å². The lowest BCUT2D eigenvalue weighted by molar-refractivity contribution is 0.132. The monoisotopic (exact) mass is 268 g/mol. The first-order valence-electron chi connectivity index (χ1n) is 6.68. The lowest BCUT2D eigenvalue weighted by Crippen LogP contribution is -2.45. The molecule has 1 rings (SSSR count). The Balaban J connectivity index is 2.90. The van der Waals surface area contributed by atoms with Crippen LogP contribution in [-0.4, -0.2) is 45.5 Å². The van der Waals surface area contributed by atoms with Crippen molar-refractivity contribution in [2.45, 2.75) is 39.2 Å². The summed E-state index contributed by atoms with van der Waals surface area (Å²) in [5, 5.41) is 25.1. The predicted octanol–water partition coefficient (Wildman–Crippen LogP) is 1.15. The quantitative estimate of drug-likeness (QED) is 0.565. The molecule has 0 unspecified atom stereocenters. The van der Waals surface area contributed by atoms with Crippen LogP contribution in [0.3, 0.4) is 0 Å². The Morgan fingerprint density at radius 2 is 1.89 bits per heavy atom. The van der Waals surface area contributed by atoms with Crippen molar-refractivity contribution >= 4 is 11.8 Å². The van der Waals surface area contributed by atoms with E-state index >= 15 is 0 Å². The summed E-state index contributed by atoms with van der Waals surface area (Å²) in [6.07, 6.45) is 1.59. The van der Waals surface area contributed by atoms with Gasteiger partial charge >= 0.3 is 0 Å². The van der Waals surface area contributed by atoms with Gasteiger partial charge in [0.2, 0.25) is 5.95 Å². The Morgan fingerprint density at radius 1 is 1.21 bits per heavy atom. The van der Waals surface area contributed by atoms with Gasteiger partial charge in [-0.05, 0) is 19.8 Å². The number of nitrogens with zero attached hydrogens (tertiary/aromatic N) is 2. The van der Waals surface area contributed by atoms with Crippen molar-refractivity contribution in [1.82, 2.24) is 9.97 Å². The van der Waals surface area contributed by atoms with E-state index in [2.05, 4.69) is 27.5 Å². The summed E-state index contributed by atoms with van der Waals surface area (Å²) in [4.78, 5) is 8.64. The van der Waals surface area contributed by atoms with Crippen LogP contribution in [-0.2, 0) is 0 Å². The summed E-state index contributed by atoms with van der Waals surface area (Å²) < 4.78 is 0. The van der Waals surface area contributed by atoms with Gasteiger partial charge in [-0.2, -0.15) is 4.98 Å². The van der Waals surface area contributed by atoms with Crippen LogP contribution in [0.2, 0.25) is 0 Å². The van der Waals surface area contributed by atoms with Crippen LogP contribution in [0.1, 0.15) is 32.4 Å². The van der Waals surface area contributed by atoms with Crippen LogP contribution in [0, 0.1) is 6.92 Å². The molecule has 19 heavy (non-hydrogen) atoms. The second-order valence-electron chi connectivity index (χ2n) is 4.72. The fourth-order valence-electron chi connectivity index (χ4n) is 1.66. The summed E-state index contributed by atoms with van der Waals surface area (Å²) >= 11 is 0. The van der Waals surface area contributed by atoms with Crippen molar-refractivity contribution in [3.8, 4) is 0 Å². The summed E-state index contributed by atoms with van der Waals surface area (Å²) in [5.41, 5.74) is 0.0833. The lowest BCUT2D eigenvalue weighted by atomic mass is 9.98. The summed E-state index contributed by atoms with van der Waals surface area (Å²) in [5.74, 6) is 1.17. The highest BCUT2D eigenvalue weighted by molar-refractivity contribution is 5.44. The molecule has 0 saturated heterocycles. The standard InChI is InChI=1S/C13H24N4O2/c1-4-6-14-12-15-10(3)7-11(16-12)17-13(5-2,8-18)9-19/h7,18-19H,4-6,8-9H2,1-3H3,(H2,14,15,16,17). The lowest BCUT2D eigenvalue weighted by Gasteiger charge is -2.30. The highest BCUT2D eigenvalue weighted by atomic mass is 16.3. The molecule has 1 aromatic rings. The minimum Gasteiger partial charge on any atom is -0.394 e. The number of aryl methyl sites for hydroxylation is 1. The van der Waals surface area contributed by atoms with E-state index in [1.54, 1.807) is 6.07 Å². The van der Waals surface area contributed by atoms with Gasteiger partial charge in [0.25, 0.3) is 0 Å². The molecule has 6 heteroatoms. The van der Waals surface area contributed by atoms with E-state index in [-0.39, 0.29) is 13.2 Å². The number of anilines is 2. The van der Waals surface area contributed by atoms with Crippen LogP contribution in [0.15, 0.2) is 6.07 Å². The van der Waals surface area contributed by atoms with Gasteiger partial charge in [0.1, 0.15) is 5.82 Å². The van der Waals surface area contributed by atoms with Gasteiger partial charge in [-0.15, -0.1) is 0 Å². The van der Waals surface area contributed by atoms with Gasteiger partial charge in [-0.3, -0.25) is 0 Å². The number of aliphatic hydroxyl groups is 2. The zero-order valence-corrected chi connectivity index (χ0v) is 11.9. The molecular weight excluding hydrogens is 244 g/mol. The zero-order chi connectivity index (χ0) is 14.3. The average molecular weight is 268 g/mol. The normalized spacial score (nSPS) is 11.4. The molecule has 0 radical (unpaired) electrons. The molecule has 0 atom stereocenters. The van der Waals surface area contributed by atoms with Gasteiger partial charge in [0, 0.05) is 18.3 Å². The third-order valence-electron chi connectivity index (χ3n) is 3.06. The SMILES string of the molecule is CCCNc1nc(C)cc(NC(CC)(CO)CO)n1. The van der Waals surface area contributed by atoms with E-state index in [0.29, 0.717) is 18.2 Å². The van der Waals surface area contributed by atoms with Crippen molar-refractivity contribution in [3.05, 3.63) is 11.8 Å². The Bertz CT molecular complexity index is 386. The zero-order valence-electron chi connectivity index (χ0n) is 11.9. The minimum atomic E-state index is -0.747. The predicted molar refractivity (Wildman–Crippen MR) is 76.4 cm³/mol. The fraction of sp³-hybridized carbons (Fsp3) is 0.692. The van der Waals surface area contributed by atoms with Crippen LogP contribution in [0.5, 0.6) is 0 Å². The molecule has 1 aromatic heterocycles. The van der Waals surface area contributed by atoms with E-state index in [1.165, 1.54) is 0 Å². The minimum absolute atomic E-state index is 0.152. The Morgan fingerprint density at radius 3 is 2.42 bits per heavy atom. The molecular formula is C13H24N4O2. The smallest absolute Gasteiger partial charge is 0.224 e. The van der Waals surface area contributed by atoms with Gasteiger partial charge in [-0.25, -0.2) is 4.98 Å².